The summed E-state index contributed by atoms with van der Waals surface area (Å²) in [5.74, 6) is -0.141. The molecule has 0 aliphatic heterocycles. The molecule has 0 atom stereocenters. The number of hydrogen-bond donors (Lipinski definition) is 1. The number of nitrogens with one attached hydrogen (secondary N) is 1. The van der Waals surface area contributed by atoms with Crippen LogP contribution in [0.25, 0.3) is 26.1 Å². The number of amides is 1. The molecule has 0 radical (unpaired) electrons. The molecule has 0 fully saturated rings. The number of nitrogens with zero attached hydrogens (tertiary/aromatic N) is 4. The Labute approximate surface area is 158 Å². The van der Waals surface area contributed by atoms with Gasteiger partial charge in [-0.05, 0) is 30.3 Å². The minimum absolute atomic E-state index is 0.139. The first-order valence-corrected chi connectivity index (χ1v) is 9.11. The first-order valence-electron chi connectivity index (χ1n) is 8.30. The Balaban J connectivity index is 1.88. The van der Waals surface area contributed by atoms with Gasteiger partial charge in [-0.1, -0.05) is 0 Å². The fraction of sp³-hybridized carbons (Fsp3) is 0.158. The summed E-state index contributed by atoms with van der Waals surface area (Å²) in [4.78, 5) is 36.0. The van der Waals surface area contributed by atoms with Gasteiger partial charge < -0.3 is 10.2 Å². The highest BCUT2D eigenvalue weighted by molar-refractivity contribution is 7.25. The molecule has 1 aromatic carbocycles. The zero-order chi connectivity index (χ0) is 19.1. The summed E-state index contributed by atoms with van der Waals surface area (Å²) < 4.78 is 2.07. The van der Waals surface area contributed by atoms with Crippen LogP contribution in [0, 0.1) is 0 Å². The zero-order valence-corrected chi connectivity index (χ0v) is 15.9. The fourth-order valence-electron chi connectivity index (χ4n) is 3.00. The van der Waals surface area contributed by atoms with Crippen LogP contribution >= 0.6 is 11.3 Å². The van der Waals surface area contributed by atoms with Gasteiger partial charge in [0.25, 0.3) is 5.56 Å². The molecule has 136 valence electrons. The van der Waals surface area contributed by atoms with E-state index >= 15 is 0 Å². The summed E-state index contributed by atoms with van der Waals surface area (Å²) in [5.41, 5.74) is 2.87. The molecule has 3 heterocycles. The number of hydrogen-bond acceptors (Lipinski definition) is 6. The average molecular weight is 379 g/mol. The number of fused-ring (bicyclic) bond motifs is 3. The normalized spacial score (nSPS) is 11.1. The van der Waals surface area contributed by atoms with Crippen LogP contribution in [-0.2, 0) is 4.79 Å². The number of thiophene rings is 1. The minimum Gasteiger partial charge on any atom is -0.377 e. The summed E-state index contributed by atoms with van der Waals surface area (Å²) in [7, 11) is 3.91. The quantitative estimate of drug-likeness (QED) is 0.592. The van der Waals surface area contributed by atoms with E-state index in [0.717, 1.165) is 15.9 Å². The van der Waals surface area contributed by atoms with E-state index in [-0.39, 0.29) is 11.5 Å². The monoisotopic (exact) mass is 379 g/mol. The van der Waals surface area contributed by atoms with Gasteiger partial charge in [-0.2, -0.15) is 0 Å². The van der Waals surface area contributed by atoms with Gasteiger partial charge in [0, 0.05) is 32.9 Å². The van der Waals surface area contributed by atoms with Crippen LogP contribution in [0.15, 0.2) is 47.7 Å². The fourth-order valence-corrected chi connectivity index (χ4v) is 4.05. The molecule has 0 aliphatic rings. The van der Waals surface area contributed by atoms with Gasteiger partial charge in [0.2, 0.25) is 5.91 Å². The molecule has 0 saturated heterocycles. The Morgan fingerprint density at radius 3 is 2.56 bits per heavy atom. The molecule has 3 aromatic heterocycles. The molecular formula is C19H17N5O2S. The Kier molecular flexibility index (Phi) is 4.12. The van der Waals surface area contributed by atoms with E-state index in [9.17, 15) is 9.59 Å². The van der Waals surface area contributed by atoms with Crippen molar-refractivity contribution in [2.75, 3.05) is 24.3 Å². The van der Waals surface area contributed by atoms with Gasteiger partial charge in [0.15, 0.2) is 0 Å². The van der Waals surface area contributed by atoms with Crippen LogP contribution < -0.4 is 15.8 Å². The molecule has 0 aliphatic carbocycles. The van der Waals surface area contributed by atoms with Crippen molar-refractivity contribution >= 4 is 49.1 Å². The first-order chi connectivity index (χ1) is 13.0. The van der Waals surface area contributed by atoms with E-state index in [1.54, 1.807) is 30.5 Å². The van der Waals surface area contributed by atoms with Gasteiger partial charge in [0.1, 0.15) is 15.9 Å². The maximum atomic E-state index is 13.1. The number of carbonyl (C=O) groups excluding carboxylic acids is 1. The summed E-state index contributed by atoms with van der Waals surface area (Å²) in [5, 5.41) is 3.61. The van der Waals surface area contributed by atoms with Crippen LogP contribution in [-0.4, -0.2) is 34.5 Å². The Morgan fingerprint density at radius 2 is 1.89 bits per heavy atom. The Hall–Kier alpha value is -3.26. The third-order valence-electron chi connectivity index (χ3n) is 4.21. The molecule has 0 unspecified atom stereocenters. The number of benzene rings is 1. The molecule has 4 rings (SSSR count). The third kappa shape index (κ3) is 2.93. The number of rotatable bonds is 3. The summed E-state index contributed by atoms with van der Waals surface area (Å²) in [6, 6.07) is 8.98. The van der Waals surface area contributed by atoms with Gasteiger partial charge in [0.05, 0.1) is 22.3 Å². The molecule has 7 nitrogen and oxygen atoms in total. The minimum atomic E-state index is -0.141. The van der Waals surface area contributed by atoms with Crippen LogP contribution in [0.2, 0.25) is 0 Å². The zero-order valence-electron chi connectivity index (χ0n) is 15.1. The van der Waals surface area contributed by atoms with Crippen molar-refractivity contribution in [2.24, 2.45) is 0 Å². The van der Waals surface area contributed by atoms with E-state index < -0.39 is 0 Å². The number of aromatic nitrogens is 3. The van der Waals surface area contributed by atoms with Crippen molar-refractivity contribution in [3.05, 3.63) is 53.2 Å². The number of carbonyl (C=O) groups is 1. The smallest absolute Gasteiger partial charge is 0.275 e. The molecule has 8 heteroatoms. The third-order valence-corrected chi connectivity index (χ3v) is 5.28. The van der Waals surface area contributed by atoms with Gasteiger partial charge in [-0.3, -0.25) is 14.2 Å². The molecule has 4 aromatic rings. The molecule has 27 heavy (non-hydrogen) atoms. The van der Waals surface area contributed by atoms with Crippen LogP contribution in [0.5, 0.6) is 0 Å². The number of pyridine rings is 1. The highest BCUT2D eigenvalue weighted by atomic mass is 32.1. The number of anilines is 2. The lowest BCUT2D eigenvalue weighted by Crippen LogP contribution is -2.18. The van der Waals surface area contributed by atoms with E-state index in [0.29, 0.717) is 21.6 Å². The Morgan fingerprint density at radius 1 is 1.15 bits per heavy atom. The van der Waals surface area contributed by atoms with E-state index in [4.69, 9.17) is 0 Å². The predicted octanol–water partition coefficient (Wildman–Crippen LogP) is 3.02. The maximum Gasteiger partial charge on any atom is 0.275 e. The van der Waals surface area contributed by atoms with Crippen molar-refractivity contribution in [1.82, 2.24) is 14.5 Å². The standard InChI is InChI=1S/C19H17N5O2S/c1-11(25)22-12-4-6-13(7-5-12)24-10-21-16-15-14(23(2)3)8-9-20-18(15)27-17(16)19(24)26/h4-10H,1-3H3,(H,22,25). The predicted molar refractivity (Wildman–Crippen MR) is 109 cm³/mol. The van der Waals surface area contributed by atoms with Crippen molar-refractivity contribution in [2.45, 2.75) is 6.92 Å². The molecular weight excluding hydrogens is 362 g/mol. The summed E-state index contributed by atoms with van der Waals surface area (Å²) in [6.07, 6.45) is 3.28. The second kappa shape index (κ2) is 6.48. The van der Waals surface area contributed by atoms with Crippen LogP contribution in [0.4, 0.5) is 11.4 Å². The maximum absolute atomic E-state index is 13.1. The molecule has 0 saturated carbocycles. The molecule has 1 N–H and O–H groups in total. The highest BCUT2D eigenvalue weighted by Gasteiger charge is 2.16. The van der Waals surface area contributed by atoms with Crippen molar-refractivity contribution < 1.29 is 4.79 Å². The van der Waals surface area contributed by atoms with E-state index in [1.807, 2.05) is 25.1 Å². The SMILES string of the molecule is CC(=O)Nc1ccc(-n2cnc3c(sc4nccc(N(C)C)c43)c2=O)cc1. The Bertz CT molecular complexity index is 1220. The topological polar surface area (TPSA) is 80.1 Å². The van der Waals surface area contributed by atoms with Crippen LogP contribution in [0.3, 0.4) is 0 Å². The van der Waals surface area contributed by atoms with E-state index in [1.165, 1.54) is 29.2 Å². The highest BCUT2D eigenvalue weighted by Crippen LogP contribution is 2.35. The van der Waals surface area contributed by atoms with Crippen LogP contribution in [0.1, 0.15) is 6.92 Å². The second-order valence-corrected chi connectivity index (χ2v) is 7.33. The van der Waals surface area contributed by atoms with Crippen molar-refractivity contribution in [1.29, 1.82) is 0 Å². The van der Waals surface area contributed by atoms with Gasteiger partial charge in [-0.25, -0.2) is 9.97 Å². The molecule has 1 amide bonds. The average Bonchev–Trinajstić information content (AvgIpc) is 3.02. The van der Waals surface area contributed by atoms with E-state index in [2.05, 4.69) is 15.3 Å². The first kappa shape index (κ1) is 17.2. The lowest BCUT2D eigenvalue weighted by molar-refractivity contribution is -0.114. The van der Waals surface area contributed by atoms with Gasteiger partial charge in [-0.15, -0.1) is 11.3 Å². The lowest BCUT2D eigenvalue weighted by atomic mass is 10.2. The largest absolute Gasteiger partial charge is 0.377 e. The molecule has 0 bridgehead atoms. The molecule has 0 spiro atoms. The summed E-state index contributed by atoms with van der Waals surface area (Å²) in [6.45, 7) is 1.45. The second-order valence-electron chi connectivity index (χ2n) is 6.33. The van der Waals surface area contributed by atoms with Crippen molar-refractivity contribution in [3.63, 3.8) is 0 Å². The summed E-state index contributed by atoms with van der Waals surface area (Å²) >= 11 is 1.35. The van der Waals surface area contributed by atoms with Crippen molar-refractivity contribution in [3.8, 4) is 5.69 Å². The lowest BCUT2D eigenvalue weighted by Gasteiger charge is -2.13. The van der Waals surface area contributed by atoms with Gasteiger partial charge >= 0.3 is 0 Å².